The first-order valence-corrected chi connectivity index (χ1v) is 4.24. The molecule has 0 saturated carbocycles. The monoisotopic (exact) mass is 165 g/mol. The van der Waals surface area contributed by atoms with Gasteiger partial charge in [0.1, 0.15) is 0 Å². The van der Waals surface area contributed by atoms with Crippen LogP contribution in [-0.4, -0.2) is 0 Å². The van der Waals surface area contributed by atoms with Crippen LogP contribution in [0.3, 0.4) is 0 Å². The molecular formula is C11H19N. The van der Waals surface area contributed by atoms with Crippen molar-refractivity contribution in [2.75, 3.05) is 0 Å². The van der Waals surface area contributed by atoms with E-state index in [2.05, 4.69) is 26.8 Å². The molecule has 0 radical (unpaired) electrons. The zero-order valence-corrected chi connectivity index (χ0v) is 8.46. The Bertz CT molecular complexity index is 202. The molecule has 1 heteroatoms. The Morgan fingerprint density at radius 3 is 2.17 bits per heavy atom. The zero-order valence-electron chi connectivity index (χ0n) is 8.46. The van der Waals surface area contributed by atoms with Crippen LogP contribution in [-0.2, 0) is 0 Å². The van der Waals surface area contributed by atoms with Gasteiger partial charge < -0.3 is 5.73 Å². The van der Waals surface area contributed by atoms with E-state index in [1.807, 2.05) is 25.2 Å². The topological polar surface area (TPSA) is 26.0 Å². The highest BCUT2D eigenvalue weighted by molar-refractivity contribution is 5.28. The van der Waals surface area contributed by atoms with Gasteiger partial charge in [-0.05, 0) is 30.2 Å². The predicted molar refractivity (Wildman–Crippen MR) is 55.7 cm³/mol. The second-order valence-electron chi connectivity index (χ2n) is 3.76. The minimum absolute atomic E-state index is 0.187. The van der Waals surface area contributed by atoms with Gasteiger partial charge in [-0.3, -0.25) is 0 Å². The highest BCUT2D eigenvalue weighted by Gasteiger charge is 2.12. The largest absolute Gasteiger partial charge is 0.405 e. The van der Waals surface area contributed by atoms with Crippen molar-refractivity contribution < 1.29 is 0 Å². The Morgan fingerprint density at radius 2 is 1.83 bits per heavy atom. The molecule has 0 bridgehead atoms. The summed E-state index contributed by atoms with van der Waals surface area (Å²) in [4.78, 5) is 0. The normalized spacial score (nSPS) is 14.8. The number of hydrogen-bond acceptors (Lipinski definition) is 1. The van der Waals surface area contributed by atoms with E-state index >= 15 is 0 Å². The molecule has 0 rings (SSSR count). The molecule has 0 spiro atoms. The third-order valence-corrected chi connectivity index (χ3v) is 1.60. The van der Waals surface area contributed by atoms with Crippen molar-refractivity contribution in [3.05, 3.63) is 36.1 Å². The van der Waals surface area contributed by atoms with Crippen molar-refractivity contribution in [2.45, 2.75) is 27.7 Å². The standard InChI is InChI=1S/C11H19N/c1-5-7-10(8-6-9-12)11(2,3)4/h5-9H,12H2,1-4H3/b7-5-,9-6-,10-8+. The second-order valence-corrected chi connectivity index (χ2v) is 3.76. The summed E-state index contributed by atoms with van der Waals surface area (Å²) >= 11 is 0. The molecule has 0 atom stereocenters. The molecule has 68 valence electrons. The SMILES string of the molecule is C\C=C/C(=C\C=C/N)C(C)(C)C. The lowest BCUT2D eigenvalue weighted by atomic mass is 9.86. The van der Waals surface area contributed by atoms with Crippen LogP contribution in [0.5, 0.6) is 0 Å². The summed E-state index contributed by atoms with van der Waals surface area (Å²) in [7, 11) is 0. The van der Waals surface area contributed by atoms with Gasteiger partial charge in [0.05, 0.1) is 0 Å². The molecule has 0 aliphatic carbocycles. The van der Waals surface area contributed by atoms with Crippen molar-refractivity contribution in [1.82, 2.24) is 0 Å². The van der Waals surface area contributed by atoms with Gasteiger partial charge >= 0.3 is 0 Å². The van der Waals surface area contributed by atoms with E-state index in [9.17, 15) is 0 Å². The first-order chi connectivity index (χ1) is 5.52. The molecule has 12 heavy (non-hydrogen) atoms. The fourth-order valence-corrected chi connectivity index (χ4v) is 0.894. The third-order valence-electron chi connectivity index (χ3n) is 1.60. The van der Waals surface area contributed by atoms with Gasteiger partial charge in [-0.2, -0.15) is 0 Å². The molecule has 0 aliphatic rings. The summed E-state index contributed by atoms with van der Waals surface area (Å²) in [5.74, 6) is 0. The highest BCUT2D eigenvalue weighted by atomic mass is 14.5. The predicted octanol–water partition coefficient (Wildman–Crippen LogP) is 3.01. The highest BCUT2D eigenvalue weighted by Crippen LogP contribution is 2.25. The van der Waals surface area contributed by atoms with Gasteiger partial charge in [0.2, 0.25) is 0 Å². The fourth-order valence-electron chi connectivity index (χ4n) is 0.894. The molecule has 1 nitrogen and oxygen atoms in total. The molecule has 0 unspecified atom stereocenters. The van der Waals surface area contributed by atoms with E-state index in [1.54, 1.807) is 6.20 Å². The van der Waals surface area contributed by atoms with E-state index in [1.165, 1.54) is 5.57 Å². The van der Waals surface area contributed by atoms with Crippen LogP contribution in [0.1, 0.15) is 27.7 Å². The fraction of sp³-hybridized carbons (Fsp3) is 0.455. The lowest BCUT2D eigenvalue weighted by Gasteiger charge is -2.19. The van der Waals surface area contributed by atoms with Crippen molar-refractivity contribution >= 4 is 0 Å². The molecule has 0 aromatic carbocycles. The minimum atomic E-state index is 0.187. The van der Waals surface area contributed by atoms with Crippen LogP contribution in [0.2, 0.25) is 0 Å². The van der Waals surface area contributed by atoms with Crippen molar-refractivity contribution in [1.29, 1.82) is 0 Å². The van der Waals surface area contributed by atoms with E-state index < -0.39 is 0 Å². The molecule has 0 aromatic rings. The van der Waals surface area contributed by atoms with E-state index in [-0.39, 0.29) is 5.41 Å². The third kappa shape index (κ3) is 4.02. The summed E-state index contributed by atoms with van der Waals surface area (Å²) in [5.41, 5.74) is 6.74. The van der Waals surface area contributed by atoms with Crippen LogP contribution in [0, 0.1) is 5.41 Å². The van der Waals surface area contributed by atoms with Gasteiger partial charge in [0, 0.05) is 0 Å². The summed E-state index contributed by atoms with van der Waals surface area (Å²) in [6, 6.07) is 0. The van der Waals surface area contributed by atoms with Crippen molar-refractivity contribution in [3.8, 4) is 0 Å². The van der Waals surface area contributed by atoms with Gasteiger partial charge in [-0.15, -0.1) is 0 Å². The summed E-state index contributed by atoms with van der Waals surface area (Å²) < 4.78 is 0. The average molecular weight is 165 g/mol. The molecule has 0 heterocycles. The molecule has 0 saturated heterocycles. The molecule has 0 amide bonds. The van der Waals surface area contributed by atoms with Crippen molar-refractivity contribution in [2.24, 2.45) is 11.1 Å². The summed E-state index contributed by atoms with van der Waals surface area (Å²) in [6.45, 7) is 8.57. The van der Waals surface area contributed by atoms with E-state index in [0.717, 1.165) is 0 Å². The maximum atomic E-state index is 5.27. The quantitative estimate of drug-likeness (QED) is 0.625. The number of rotatable bonds is 2. The Hall–Kier alpha value is -0.980. The number of hydrogen-bond donors (Lipinski definition) is 1. The van der Waals surface area contributed by atoms with Crippen LogP contribution < -0.4 is 5.73 Å². The smallest absolute Gasteiger partial charge is 0.00623 e. The van der Waals surface area contributed by atoms with Crippen LogP contribution >= 0.6 is 0 Å². The summed E-state index contributed by atoms with van der Waals surface area (Å²) in [6.07, 6.45) is 9.61. The molecular weight excluding hydrogens is 146 g/mol. The first-order valence-electron chi connectivity index (χ1n) is 4.24. The molecule has 2 N–H and O–H groups in total. The zero-order chi connectivity index (χ0) is 9.61. The average Bonchev–Trinajstić information content (AvgIpc) is 1.95. The van der Waals surface area contributed by atoms with Gasteiger partial charge in [0.25, 0.3) is 0 Å². The number of allylic oxidation sites excluding steroid dienone is 5. The Balaban J connectivity index is 4.67. The second kappa shape index (κ2) is 4.81. The van der Waals surface area contributed by atoms with E-state index in [4.69, 9.17) is 5.73 Å². The summed E-state index contributed by atoms with van der Waals surface area (Å²) in [5, 5.41) is 0. The lowest BCUT2D eigenvalue weighted by molar-refractivity contribution is 0.517. The van der Waals surface area contributed by atoms with E-state index in [0.29, 0.717) is 0 Å². The first kappa shape index (κ1) is 11.0. The molecule has 0 fully saturated rings. The van der Waals surface area contributed by atoms with Crippen LogP contribution in [0.25, 0.3) is 0 Å². The van der Waals surface area contributed by atoms with Crippen LogP contribution in [0.15, 0.2) is 36.1 Å². The number of nitrogens with two attached hydrogens (primary N) is 1. The maximum absolute atomic E-state index is 5.27. The van der Waals surface area contributed by atoms with Crippen LogP contribution in [0.4, 0.5) is 0 Å². The lowest BCUT2D eigenvalue weighted by Crippen LogP contribution is -2.07. The van der Waals surface area contributed by atoms with Gasteiger partial charge in [-0.1, -0.05) is 39.0 Å². The van der Waals surface area contributed by atoms with Gasteiger partial charge in [-0.25, -0.2) is 0 Å². The Labute approximate surface area is 75.7 Å². The van der Waals surface area contributed by atoms with Crippen molar-refractivity contribution in [3.63, 3.8) is 0 Å². The minimum Gasteiger partial charge on any atom is -0.405 e. The molecule has 0 aliphatic heterocycles. The van der Waals surface area contributed by atoms with Gasteiger partial charge in [0.15, 0.2) is 0 Å². The Morgan fingerprint density at radius 1 is 1.25 bits per heavy atom. The maximum Gasteiger partial charge on any atom is -0.00623 e. The molecule has 0 aromatic heterocycles. The Kier molecular flexibility index (Phi) is 4.42.